The van der Waals surface area contributed by atoms with Gasteiger partial charge in [0.15, 0.2) is 9.84 Å². The predicted octanol–water partition coefficient (Wildman–Crippen LogP) is 19.4. The topological polar surface area (TPSA) is 248 Å². The van der Waals surface area contributed by atoms with Gasteiger partial charge < -0.3 is 35.0 Å². The van der Waals surface area contributed by atoms with Crippen molar-refractivity contribution in [3.05, 3.63) is 155 Å². The summed E-state index contributed by atoms with van der Waals surface area (Å²) >= 11 is 3.29. The summed E-state index contributed by atoms with van der Waals surface area (Å²) in [4.78, 5) is 56.2. The van der Waals surface area contributed by atoms with Gasteiger partial charge in [-0.25, -0.2) is 46.7 Å². The number of sulfone groups is 1. The zero-order valence-electron chi connectivity index (χ0n) is 84.2. The fourth-order valence-corrected chi connectivity index (χ4v) is 27.2. The Morgan fingerprint density at radius 2 is 0.810 bits per heavy atom. The normalized spacial score (nSPS) is 18.9. The van der Waals surface area contributed by atoms with E-state index in [4.69, 9.17) is 0 Å². The molecule has 1 amide bonds. The SMILES string of the molecule is CCc1nc(NC2CCN(Cc3ccc4c(cc(C)n4C(C)C(C)N4CCN(S(C)(=O)=O)CC4)c3C)CC2)c2cc(CC(F)(F)F)sc2n1.CNC(=O)CC1CCN([C@@H](C)Cn2c(C)cc3c(C)c(CN4CCC(Nc5nc(C)nc6sc(CC(F)(F)F)cc56)CC4)ccc32)CC1.Cc1nc(NC2CCN(Cc3ccc4c(cc(C)n4C[C@H](C)N4CCS(=O)(=O)CC4)c3C)CC2)c2cc(CC(F)(F)F)sc2n1. The lowest BCUT2D eigenvalue weighted by Gasteiger charge is -2.40. The van der Waals surface area contributed by atoms with Crippen LogP contribution in [0.15, 0.2) is 72.8 Å². The van der Waals surface area contributed by atoms with Crippen molar-refractivity contribution in [2.24, 2.45) is 5.92 Å². The summed E-state index contributed by atoms with van der Waals surface area (Å²) in [7, 11) is -4.35. The average Bonchev–Trinajstić information content (AvgIpc) is 1.61. The molecule has 6 saturated heterocycles. The van der Waals surface area contributed by atoms with Crippen molar-refractivity contribution >= 4 is 141 Å². The van der Waals surface area contributed by atoms with E-state index in [-0.39, 0.29) is 68.3 Å². The number of amides is 1. The molecule has 15 heterocycles. The maximum Gasteiger partial charge on any atom is 0.393 e. The second-order valence-electron chi connectivity index (χ2n) is 40.6. The predicted molar refractivity (Wildman–Crippen MR) is 555 cm³/mol. The number of rotatable bonds is 28. The molecular formula is C103H137F9N20O5S5. The Labute approximate surface area is 839 Å². The molecule has 6 fully saturated rings. The highest BCUT2D eigenvalue weighted by atomic mass is 32.2. The Morgan fingerprint density at radius 1 is 0.444 bits per heavy atom. The fraction of sp³-hybridized carbons (Fsp3) is 0.583. The van der Waals surface area contributed by atoms with Crippen LogP contribution < -0.4 is 21.3 Å². The molecule has 39 heteroatoms. The van der Waals surface area contributed by atoms with Gasteiger partial charge in [0.1, 0.15) is 49.4 Å². The van der Waals surface area contributed by atoms with E-state index >= 15 is 0 Å². The summed E-state index contributed by atoms with van der Waals surface area (Å²) in [6, 6.07) is 26.9. The van der Waals surface area contributed by atoms with Gasteiger partial charge in [0, 0.05) is 238 Å². The quantitative estimate of drug-likeness (QED) is 0.0333. The van der Waals surface area contributed by atoms with Crippen LogP contribution in [0, 0.1) is 61.3 Å². The molecule has 4 atom stereocenters. The number of aromatic nitrogens is 9. The number of carbonyl (C=O) groups excluding carboxylic acids is 1. The first-order valence-corrected chi connectivity index (χ1v) is 56.2. The van der Waals surface area contributed by atoms with E-state index in [1.54, 1.807) is 43.4 Å². The molecule has 0 radical (unpaired) electrons. The first kappa shape index (κ1) is 106. The number of nitrogens with zero attached hydrogens (tertiary/aromatic N) is 16. The van der Waals surface area contributed by atoms with E-state index < -0.39 is 57.7 Å². The van der Waals surface area contributed by atoms with Crippen LogP contribution in [-0.2, 0) is 83.1 Å². The second-order valence-corrected chi connectivity index (χ2v) is 48.2. The van der Waals surface area contributed by atoms with Gasteiger partial charge in [-0.15, -0.1) is 34.0 Å². The summed E-state index contributed by atoms with van der Waals surface area (Å²) in [5.74, 6) is 4.77. The van der Waals surface area contributed by atoms with Gasteiger partial charge in [-0.05, 0) is 241 Å². The fourth-order valence-electron chi connectivity index (χ4n) is 21.8. The van der Waals surface area contributed by atoms with Gasteiger partial charge in [-0.2, -0.15) is 43.8 Å². The van der Waals surface area contributed by atoms with Gasteiger partial charge in [-0.3, -0.25) is 34.2 Å². The first-order chi connectivity index (χ1) is 67.2. The number of piperazine rings is 1. The number of nitrogens with one attached hydrogen (secondary N) is 4. The minimum Gasteiger partial charge on any atom is -0.367 e. The van der Waals surface area contributed by atoms with Crippen LogP contribution in [0.2, 0.25) is 0 Å². The Hall–Kier alpha value is -8.74. The number of thiophene rings is 3. The Morgan fingerprint density at radius 3 is 1.19 bits per heavy atom. The number of likely N-dealkylation sites (tertiary alicyclic amines) is 4. The zero-order valence-corrected chi connectivity index (χ0v) is 88.3. The number of aryl methyl sites for hydroxylation is 9. The monoisotopic (exact) mass is 2060 g/mol. The van der Waals surface area contributed by atoms with Crippen molar-refractivity contribution in [3.63, 3.8) is 0 Å². The molecule has 4 N–H and O–H groups in total. The number of halogens is 9. The van der Waals surface area contributed by atoms with E-state index in [0.29, 0.717) is 117 Å². The van der Waals surface area contributed by atoms with Crippen molar-refractivity contribution in [1.82, 2.24) is 82.6 Å². The third kappa shape index (κ3) is 25.9. The van der Waals surface area contributed by atoms with Crippen molar-refractivity contribution < 1.29 is 61.1 Å². The molecule has 9 aromatic heterocycles. The number of anilines is 3. The van der Waals surface area contributed by atoms with Crippen molar-refractivity contribution in [2.75, 3.05) is 132 Å². The van der Waals surface area contributed by atoms with Crippen LogP contribution in [0.25, 0.3) is 63.4 Å². The summed E-state index contributed by atoms with van der Waals surface area (Å²) in [6.07, 6.45) is -5.40. The van der Waals surface area contributed by atoms with Crippen LogP contribution in [0.4, 0.5) is 57.0 Å². The third-order valence-electron chi connectivity index (χ3n) is 30.3. The van der Waals surface area contributed by atoms with E-state index in [0.717, 1.165) is 184 Å². The van der Waals surface area contributed by atoms with Crippen molar-refractivity contribution in [1.29, 1.82) is 0 Å². The molecule has 6 aliphatic rings. The van der Waals surface area contributed by atoms with Gasteiger partial charge in [0.25, 0.3) is 0 Å². The molecule has 142 heavy (non-hydrogen) atoms. The van der Waals surface area contributed by atoms with Crippen LogP contribution in [-0.4, -0.2) is 271 Å². The second kappa shape index (κ2) is 44.1. The Balaban J connectivity index is 0.000000153. The first-order valence-electron chi connectivity index (χ1n) is 50.1. The highest BCUT2D eigenvalue weighted by Gasteiger charge is 2.37. The molecule has 772 valence electrons. The number of sulfonamides is 1. The highest BCUT2D eigenvalue weighted by Crippen LogP contribution is 2.42. The summed E-state index contributed by atoms with van der Waals surface area (Å²) in [5, 5.41) is 19.3. The van der Waals surface area contributed by atoms with Crippen LogP contribution in [0.5, 0.6) is 0 Å². The Kier molecular flexibility index (Phi) is 33.0. The van der Waals surface area contributed by atoms with Crippen LogP contribution >= 0.6 is 34.0 Å². The molecule has 0 spiro atoms. The van der Waals surface area contributed by atoms with Gasteiger partial charge in [0.05, 0.1) is 53.2 Å². The van der Waals surface area contributed by atoms with Gasteiger partial charge in [0.2, 0.25) is 15.9 Å². The number of carbonyl (C=O) groups is 1. The lowest BCUT2D eigenvalue weighted by atomic mass is 9.92. The van der Waals surface area contributed by atoms with Crippen LogP contribution in [0.1, 0.15) is 181 Å². The molecule has 18 rings (SSSR count). The number of hydrogen-bond donors (Lipinski definition) is 4. The summed E-state index contributed by atoms with van der Waals surface area (Å²) in [6.45, 7) is 43.4. The largest absolute Gasteiger partial charge is 0.393 e. The molecule has 6 aliphatic heterocycles. The molecule has 25 nitrogen and oxygen atoms in total. The van der Waals surface area contributed by atoms with Gasteiger partial charge in [-0.1, -0.05) is 25.1 Å². The molecule has 3 aromatic carbocycles. The third-order valence-corrected chi connectivity index (χ3v) is 36.3. The van der Waals surface area contributed by atoms with E-state index in [9.17, 15) is 61.1 Å². The molecule has 2 unspecified atom stereocenters. The molecule has 0 aliphatic carbocycles. The molecule has 12 aromatic rings. The number of alkyl halides is 9. The van der Waals surface area contributed by atoms with Crippen molar-refractivity contribution in [3.8, 4) is 0 Å². The van der Waals surface area contributed by atoms with E-state index in [1.165, 1.54) is 89.4 Å². The Bertz CT molecular complexity index is 6710. The smallest absolute Gasteiger partial charge is 0.367 e. The van der Waals surface area contributed by atoms with E-state index in [1.807, 2.05) is 6.92 Å². The molecular weight excluding hydrogens is 1930 g/mol. The number of benzene rings is 3. The average molecular weight is 2070 g/mol. The highest BCUT2D eigenvalue weighted by molar-refractivity contribution is 7.91. The lowest BCUT2D eigenvalue weighted by molar-refractivity contribution is -0.127. The lowest BCUT2D eigenvalue weighted by Crippen LogP contribution is -2.52. The molecule has 0 bridgehead atoms. The minimum absolute atomic E-state index is 0.145. The zero-order chi connectivity index (χ0) is 102. The maximum absolute atomic E-state index is 13.1. The summed E-state index contributed by atoms with van der Waals surface area (Å²) in [5.41, 5.74) is 15.3. The van der Waals surface area contributed by atoms with Crippen LogP contribution in [0.3, 0.4) is 0 Å². The van der Waals surface area contributed by atoms with E-state index in [2.05, 4.69) is 218 Å². The standard InChI is InChI=1S/C36H48F3N7OS.C35H48F3N7O2S2.C32H41F3N6O2S2/c1-22-16-30-24(3)27(6-7-32(30)46(22)20-23(2)45-14-8-26(9-15-45)17-33(47)40-5)21-44-12-10-28(11-13-44)43-34-31-18-29(19-36(37,38)39)48-35(31)42-25(4)41-34;1-7-32-40-33(30-19-28(20-35(36,37)38)48-34(30)41-32)39-27-10-12-42(13-11-27)21-26-8-9-31-29(23(26)3)18-22(2)45(31)25(5)24(4)43-14-16-44(17-15-43)49(6,46)47;1-20-15-27-22(3)24(5-6-29(27)41(20)18-21(2)40-11-13-45(42,43)14-12-40)19-39-9-7-25(8-10-39)38-30-28-16-26(17-32(33,34)35)44-31(28)37-23(4)36-30/h6-7,16,18,23,26,28H,8-15,17,19-21H2,1-5H3,(H,40,47)(H,41,42,43);8-9,18-19,24-25,27H,7,10-17,20-21H2,1-6H3,(H,39,40,41);5-6,15-16,21,25H,7-14,17-19H2,1-4H3,(H,36,37,38)/t23-;;21-/m0.0/s1. The summed E-state index contributed by atoms with van der Waals surface area (Å²) < 4.78 is 174. The molecule has 0 saturated carbocycles. The van der Waals surface area contributed by atoms with Crippen molar-refractivity contribution in [2.45, 2.75) is 267 Å². The maximum atomic E-state index is 13.1. The minimum atomic E-state index is -4.26. The number of piperidine rings is 4. The number of fused-ring (bicyclic) bond motifs is 6. The van der Waals surface area contributed by atoms with Gasteiger partial charge >= 0.3 is 18.5 Å². The number of hydrogen-bond acceptors (Lipinski definition) is 23.